The Hall–Kier alpha value is -3.90. The Bertz CT molecular complexity index is 1230. The molecular weight excluding hydrogens is 344 g/mol. The molecule has 0 saturated heterocycles. The van der Waals surface area contributed by atoms with Crippen LogP contribution < -0.4 is 5.56 Å². The first kappa shape index (κ1) is 17.5. The fourth-order valence-corrected chi connectivity index (χ4v) is 3.34. The first-order valence-electron chi connectivity index (χ1n) is 9.06. The Morgan fingerprint density at radius 3 is 2.07 bits per heavy atom. The van der Waals surface area contributed by atoms with Crippen molar-refractivity contribution < 1.29 is 0 Å². The van der Waals surface area contributed by atoms with Gasteiger partial charge in [-0.05, 0) is 35.2 Å². The van der Waals surface area contributed by atoms with E-state index in [0.29, 0.717) is 11.3 Å². The maximum Gasteiger partial charge on any atom is 0.266 e. The minimum absolute atomic E-state index is 0.134. The van der Waals surface area contributed by atoms with Crippen molar-refractivity contribution in [3.63, 3.8) is 0 Å². The molecule has 0 radical (unpaired) electrons. The lowest BCUT2D eigenvalue weighted by molar-refractivity contribution is 1.22. The van der Waals surface area contributed by atoms with E-state index in [0.717, 1.165) is 27.8 Å². The first-order chi connectivity index (χ1) is 13.7. The van der Waals surface area contributed by atoms with Gasteiger partial charge in [0.05, 0.1) is 0 Å². The maximum absolute atomic E-state index is 12.5. The Kier molecular flexibility index (Phi) is 4.62. The molecule has 0 bridgehead atoms. The Labute approximate surface area is 163 Å². The molecule has 3 aromatic carbocycles. The van der Waals surface area contributed by atoms with Gasteiger partial charge in [-0.1, -0.05) is 84.4 Å². The van der Waals surface area contributed by atoms with Crippen molar-refractivity contribution in [1.29, 1.82) is 5.26 Å². The van der Waals surface area contributed by atoms with E-state index in [-0.39, 0.29) is 11.1 Å². The van der Waals surface area contributed by atoms with Crippen LogP contribution in [0.3, 0.4) is 0 Å². The van der Waals surface area contributed by atoms with Crippen molar-refractivity contribution in [2.45, 2.75) is 6.92 Å². The zero-order chi connectivity index (χ0) is 19.5. The largest absolute Gasteiger partial charge is 0.321 e. The predicted octanol–water partition coefficient (Wildman–Crippen LogP) is 5.56. The van der Waals surface area contributed by atoms with Crippen molar-refractivity contribution in [3.05, 3.63) is 106 Å². The standard InChI is InChI=1S/C25H18N2O/c1-17-6-5-9-21(14-17)22-15-24(27-25(28)23(22)16-26)20-12-10-19(11-13-20)18-7-3-2-4-8-18/h2-15H,1H3,(H,27,28). The van der Waals surface area contributed by atoms with Gasteiger partial charge in [-0.3, -0.25) is 4.79 Å². The predicted molar refractivity (Wildman–Crippen MR) is 113 cm³/mol. The van der Waals surface area contributed by atoms with Crippen LogP contribution in [0.1, 0.15) is 11.1 Å². The normalized spacial score (nSPS) is 10.4. The van der Waals surface area contributed by atoms with Gasteiger partial charge >= 0.3 is 0 Å². The lowest BCUT2D eigenvalue weighted by atomic mass is 9.97. The molecule has 1 aromatic heterocycles. The van der Waals surface area contributed by atoms with Gasteiger partial charge in [0.25, 0.3) is 5.56 Å². The summed E-state index contributed by atoms with van der Waals surface area (Å²) in [5.41, 5.74) is 6.20. The molecule has 4 aromatic rings. The van der Waals surface area contributed by atoms with Crippen molar-refractivity contribution in [2.24, 2.45) is 0 Å². The molecule has 0 aliphatic carbocycles. The third kappa shape index (κ3) is 3.36. The van der Waals surface area contributed by atoms with Crippen molar-refractivity contribution in [1.82, 2.24) is 4.98 Å². The lowest BCUT2D eigenvalue weighted by Crippen LogP contribution is -2.12. The number of nitriles is 1. The van der Waals surface area contributed by atoms with Gasteiger partial charge in [0, 0.05) is 11.3 Å². The number of nitrogens with one attached hydrogen (secondary N) is 1. The number of rotatable bonds is 3. The molecule has 0 fully saturated rings. The summed E-state index contributed by atoms with van der Waals surface area (Å²) in [5.74, 6) is 0. The molecule has 3 nitrogen and oxygen atoms in total. The fraction of sp³-hybridized carbons (Fsp3) is 0.0400. The summed E-state index contributed by atoms with van der Waals surface area (Å²) in [6.07, 6.45) is 0. The Morgan fingerprint density at radius 1 is 0.750 bits per heavy atom. The maximum atomic E-state index is 12.5. The third-order valence-corrected chi connectivity index (χ3v) is 4.78. The smallest absolute Gasteiger partial charge is 0.266 e. The molecular formula is C25H18N2O. The fourth-order valence-electron chi connectivity index (χ4n) is 3.34. The average Bonchev–Trinajstić information content (AvgIpc) is 2.74. The highest BCUT2D eigenvalue weighted by molar-refractivity contribution is 5.76. The van der Waals surface area contributed by atoms with Gasteiger partial charge in [-0.15, -0.1) is 0 Å². The molecule has 1 N–H and O–H groups in total. The summed E-state index contributed by atoms with van der Waals surface area (Å²) in [4.78, 5) is 15.4. The summed E-state index contributed by atoms with van der Waals surface area (Å²) in [6.45, 7) is 1.99. The molecule has 1 heterocycles. The van der Waals surface area contributed by atoms with Gasteiger partial charge in [0.1, 0.15) is 11.6 Å². The van der Waals surface area contributed by atoms with Crippen LogP contribution in [0.15, 0.2) is 89.7 Å². The van der Waals surface area contributed by atoms with Crippen molar-refractivity contribution in [3.8, 4) is 39.6 Å². The summed E-state index contributed by atoms with van der Waals surface area (Å²) in [6, 6.07) is 29.9. The third-order valence-electron chi connectivity index (χ3n) is 4.78. The average molecular weight is 362 g/mol. The van der Waals surface area contributed by atoms with Gasteiger partial charge in [0.15, 0.2) is 0 Å². The number of aryl methyl sites for hydroxylation is 1. The van der Waals surface area contributed by atoms with E-state index in [1.54, 1.807) is 0 Å². The molecule has 0 spiro atoms. The molecule has 0 aliphatic rings. The summed E-state index contributed by atoms with van der Waals surface area (Å²) < 4.78 is 0. The highest BCUT2D eigenvalue weighted by Gasteiger charge is 2.12. The molecule has 0 unspecified atom stereocenters. The van der Waals surface area contributed by atoms with E-state index < -0.39 is 0 Å². The quantitative estimate of drug-likeness (QED) is 0.519. The SMILES string of the molecule is Cc1cccc(-c2cc(-c3ccc(-c4ccccc4)cc3)[nH]c(=O)c2C#N)c1. The molecule has 0 saturated carbocycles. The molecule has 3 heteroatoms. The van der Waals surface area contributed by atoms with Gasteiger partial charge in [-0.2, -0.15) is 5.26 Å². The van der Waals surface area contributed by atoms with E-state index in [9.17, 15) is 10.1 Å². The molecule has 0 amide bonds. The van der Waals surface area contributed by atoms with Crippen LogP contribution in [0.4, 0.5) is 0 Å². The summed E-state index contributed by atoms with van der Waals surface area (Å²) >= 11 is 0. The zero-order valence-corrected chi connectivity index (χ0v) is 15.4. The molecule has 28 heavy (non-hydrogen) atoms. The van der Waals surface area contributed by atoms with Crippen LogP contribution in [-0.2, 0) is 0 Å². The number of H-pyrrole nitrogens is 1. The first-order valence-corrected chi connectivity index (χ1v) is 9.06. The van der Waals surface area contributed by atoms with Gasteiger partial charge in [-0.25, -0.2) is 0 Å². The molecule has 4 rings (SSSR count). The molecule has 0 atom stereocenters. The second-order valence-electron chi connectivity index (χ2n) is 6.73. The summed E-state index contributed by atoms with van der Waals surface area (Å²) in [5, 5.41) is 9.48. The van der Waals surface area contributed by atoms with Crippen LogP contribution in [0, 0.1) is 18.3 Å². The van der Waals surface area contributed by atoms with E-state index in [2.05, 4.69) is 17.1 Å². The minimum Gasteiger partial charge on any atom is -0.321 e. The second-order valence-corrected chi connectivity index (χ2v) is 6.73. The zero-order valence-electron chi connectivity index (χ0n) is 15.4. The van der Waals surface area contributed by atoms with Crippen LogP contribution >= 0.6 is 0 Å². The van der Waals surface area contributed by atoms with Crippen LogP contribution in [0.2, 0.25) is 0 Å². The monoisotopic (exact) mass is 362 g/mol. The number of pyridine rings is 1. The number of hydrogen-bond donors (Lipinski definition) is 1. The highest BCUT2D eigenvalue weighted by atomic mass is 16.1. The van der Waals surface area contributed by atoms with Crippen LogP contribution in [-0.4, -0.2) is 4.98 Å². The Morgan fingerprint density at radius 2 is 1.39 bits per heavy atom. The minimum atomic E-state index is -0.372. The summed E-state index contributed by atoms with van der Waals surface area (Å²) in [7, 11) is 0. The van der Waals surface area contributed by atoms with Crippen molar-refractivity contribution in [2.75, 3.05) is 0 Å². The second kappa shape index (κ2) is 7.38. The van der Waals surface area contributed by atoms with E-state index >= 15 is 0 Å². The van der Waals surface area contributed by atoms with Crippen LogP contribution in [0.5, 0.6) is 0 Å². The lowest BCUT2D eigenvalue weighted by Gasteiger charge is -2.09. The van der Waals surface area contributed by atoms with E-state index in [1.807, 2.05) is 85.8 Å². The molecule has 134 valence electrons. The number of hydrogen-bond acceptors (Lipinski definition) is 2. The van der Waals surface area contributed by atoms with Crippen molar-refractivity contribution >= 4 is 0 Å². The van der Waals surface area contributed by atoms with Gasteiger partial charge < -0.3 is 4.98 Å². The molecule has 0 aliphatic heterocycles. The topological polar surface area (TPSA) is 56.6 Å². The van der Waals surface area contributed by atoms with Crippen LogP contribution in [0.25, 0.3) is 33.5 Å². The number of nitrogens with zero attached hydrogens (tertiary/aromatic N) is 1. The number of aromatic nitrogens is 1. The van der Waals surface area contributed by atoms with E-state index in [1.165, 1.54) is 0 Å². The number of benzene rings is 3. The highest BCUT2D eigenvalue weighted by Crippen LogP contribution is 2.28. The van der Waals surface area contributed by atoms with Gasteiger partial charge in [0.2, 0.25) is 0 Å². The Balaban J connectivity index is 1.81. The van der Waals surface area contributed by atoms with E-state index in [4.69, 9.17) is 0 Å². The number of aromatic amines is 1.